The Labute approximate surface area is 172 Å². The van der Waals surface area contributed by atoms with Crippen LogP contribution in [0.25, 0.3) is 0 Å². The van der Waals surface area contributed by atoms with Crippen LogP contribution in [-0.2, 0) is 14.3 Å². The van der Waals surface area contributed by atoms with Crippen molar-refractivity contribution in [2.24, 2.45) is 5.73 Å². The number of anilines is 1. The monoisotopic (exact) mass is 414 g/mol. The van der Waals surface area contributed by atoms with Gasteiger partial charge in [-0.25, -0.2) is 4.79 Å². The standard InChI is InChI=1S/C20H19ClN4O4/c1-12(19(27)24-16-9-5-2-6-13(16)11-22)29-18(26)10-17(25-20(23)28)14-7-3-4-8-15(14)21/h2-9,12,17H,10H2,1H3,(H,24,27)(H3,23,25,28)/t12-,17-/m1/s1. The molecule has 29 heavy (non-hydrogen) atoms. The van der Waals surface area contributed by atoms with Gasteiger partial charge >= 0.3 is 12.0 Å². The zero-order valence-electron chi connectivity index (χ0n) is 15.5. The molecule has 9 heteroatoms. The number of hydrogen-bond donors (Lipinski definition) is 3. The summed E-state index contributed by atoms with van der Waals surface area (Å²) in [6.07, 6.45) is -1.41. The van der Waals surface area contributed by atoms with E-state index in [1.54, 1.807) is 48.5 Å². The molecule has 0 fully saturated rings. The summed E-state index contributed by atoms with van der Waals surface area (Å²) < 4.78 is 5.16. The molecule has 0 unspecified atom stereocenters. The van der Waals surface area contributed by atoms with Crippen molar-refractivity contribution in [3.05, 3.63) is 64.7 Å². The van der Waals surface area contributed by atoms with Crippen molar-refractivity contribution in [2.45, 2.75) is 25.5 Å². The molecule has 0 aliphatic heterocycles. The number of primary amides is 1. The third-order valence-corrected chi connectivity index (χ3v) is 4.29. The first-order valence-electron chi connectivity index (χ1n) is 8.61. The maximum absolute atomic E-state index is 12.3. The molecular weight excluding hydrogens is 396 g/mol. The van der Waals surface area contributed by atoms with Gasteiger partial charge in [0.1, 0.15) is 6.07 Å². The first-order chi connectivity index (χ1) is 13.8. The number of nitrogens with two attached hydrogens (primary N) is 1. The summed E-state index contributed by atoms with van der Waals surface area (Å²) in [4.78, 5) is 35.9. The summed E-state index contributed by atoms with van der Waals surface area (Å²) in [6.45, 7) is 1.40. The molecule has 0 saturated heterocycles. The lowest BCUT2D eigenvalue weighted by Crippen LogP contribution is -2.36. The van der Waals surface area contributed by atoms with E-state index < -0.39 is 30.1 Å². The zero-order chi connectivity index (χ0) is 21.4. The van der Waals surface area contributed by atoms with Crippen LogP contribution in [-0.4, -0.2) is 24.0 Å². The Bertz CT molecular complexity index is 957. The van der Waals surface area contributed by atoms with Crippen LogP contribution in [0.5, 0.6) is 0 Å². The summed E-state index contributed by atoms with van der Waals surface area (Å²) in [5.74, 6) is -1.34. The second-order valence-electron chi connectivity index (χ2n) is 6.07. The Hall–Kier alpha value is -3.57. The van der Waals surface area contributed by atoms with Gasteiger partial charge in [0.15, 0.2) is 6.10 Å². The van der Waals surface area contributed by atoms with Crippen molar-refractivity contribution >= 4 is 35.2 Å². The molecule has 0 radical (unpaired) electrons. The van der Waals surface area contributed by atoms with Crippen molar-refractivity contribution in [2.75, 3.05) is 5.32 Å². The lowest BCUT2D eigenvalue weighted by atomic mass is 10.0. The van der Waals surface area contributed by atoms with Crippen LogP contribution < -0.4 is 16.4 Å². The van der Waals surface area contributed by atoms with Gasteiger partial charge in [0, 0.05) is 5.02 Å². The van der Waals surface area contributed by atoms with Gasteiger partial charge < -0.3 is 21.1 Å². The first-order valence-corrected chi connectivity index (χ1v) is 8.99. The number of urea groups is 1. The van der Waals surface area contributed by atoms with Crippen LogP contribution >= 0.6 is 11.6 Å². The highest BCUT2D eigenvalue weighted by Gasteiger charge is 2.24. The van der Waals surface area contributed by atoms with E-state index >= 15 is 0 Å². The fourth-order valence-electron chi connectivity index (χ4n) is 2.56. The molecule has 2 aromatic rings. The number of hydrogen-bond acceptors (Lipinski definition) is 5. The van der Waals surface area contributed by atoms with Crippen molar-refractivity contribution in [1.29, 1.82) is 5.26 Å². The summed E-state index contributed by atoms with van der Waals surface area (Å²) in [7, 11) is 0. The molecule has 0 saturated carbocycles. The van der Waals surface area contributed by atoms with Crippen LogP contribution in [0.15, 0.2) is 48.5 Å². The molecule has 0 aromatic heterocycles. The van der Waals surface area contributed by atoms with Crippen LogP contribution in [0, 0.1) is 11.3 Å². The number of amides is 3. The SMILES string of the molecule is C[C@@H](OC(=O)C[C@@H](NC(N)=O)c1ccccc1Cl)C(=O)Nc1ccccc1C#N. The molecule has 8 nitrogen and oxygen atoms in total. The number of carbonyl (C=O) groups excluding carboxylic acids is 3. The fraction of sp³-hybridized carbons (Fsp3) is 0.200. The molecule has 2 atom stereocenters. The molecule has 3 amide bonds. The number of esters is 1. The molecule has 0 heterocycles. The third kappa shape index (κ3) is 6.23. The maximum atomic E-state index is 12.3. The summed E-state index contributed by atoms with van der Waals surface area (Å²) in [5.41, 5.74) is 6.27. The van der Waals surface area contributed by atoms with Gasteiger partial charge in [-0.15, -0.1) is 0 Å². The minimum atomic E-state index is -1.13. The van der Waals surface area contributed by atoms with Crippen LogP contribution in [0.4, 0.5) is 10.5 Å². The Balaban J connectivity index is 2.03. The average Bonchev–Trinajstić information content (AvgIpc) is 2.67. The van der Waals surface area contributed by atoms with Crippen molar-refractivity contribution in [1.82, 2.24) is 5.32 Å². The smallest absolute Gasteiger partial charge is 0.312 e. The first kappa shape index (κ1) is 21.7. The number of nitrogens with one attached hydrogen (secondary N) is 2. The van der Waals surface area contributed by atoms with Gasteiger partial charge in [0.25, 0.3) is 5.91 Å². The quantitative estimate of drug-likeness (QED) is 0.599. The second kappa shape index (κ2) is 10.1. The van der Waals surface area contributed by atoms with Gasteiger partial charge in [0.2, 0.25) is 0 Å². The van der Waals surface area contributed by atoms with Gasteiger partial charge in [-0.2, -0.15) is 5.26 Å². The van der Waals surface area contributed by atoms with Crippen molar-refractivity contribution in [3.8, 4) is 6.07 Å². The highest BCUT2D eigenvalue weighted by Crippen LogP contribution is 2.25. The minimum absolute atomic E-state index is 0.279. The molecule has 0 aliphatic carbocycles. The minimum Gasteiger partial charge on any atom is -0.452 e. The predicted molar refractivity (Wildman–Crippen MR) is 107 cm³/mol. The van der Waals surface area contributed by atoms with Gasteiger partial charge in [0.05, 0.1) is 23.7 Å². The zero-order valence-corrected chi connectivity index (χ0v) is 16.3. The maximum Gasteiger partial charge on any atom is 0.312 e. The molecular formula is C20H19ClN4O4. The number of nitrogens with zero attached hydrogens (tertiary/aromatic N) is 1. The van der Waals surface area contributed by atoms with E-state index in [-0.39, 0.29) is 12.0 Å². The Morgan fingerprint density at radius 2 is 1.83 bits per heavy atom. The lowest BCUT2D eigenvalue weighted by molar-refractivity contribution is -0.153. The van der Waals surface area contributed by atoms with Crippen LogP contribution in [0.3, 0.4) is 0 Å². The molecule has 0 bridgehead atoms. The number of rotatable bonds is 7. The largest absolute Gasteiger partial charge is 0.452 e. The second-order valence-corrected chi connectivity index (χ2v) is 6.47. The molecule has 150 valence electrons. The number of halogens is 1. The highest BCUT2D eigenvalue weighted by molar-refractivity contribution is 6.31. The number of benzene rings is 2. The van der Waals surface area contributed by atoms with E-state index in [4.69, 9.17) is 27.3 Å². The van der Waals surface area contributed by atoms with Gasteiger partial charge in [-0.05, 0) is 30.7 Å². The average molecular weight is 415 g/mol. The topological polar surface area (TPSA) is 134 Å². The molecule has 0 spiro atoms. The third-order valence-electron chi connectivity index (χ3n) is 3.95. The molecule has 2 aromatic carbocycles. The van der Waals surface area contributed by atoms with Gasteiger partial charge in [-0.1, -0.05) is 41.9 Å². The molecule has 4 N–H and O–H groups in total. The summed E-state index contributed by atoms with van der Waals surface area (Å²) in [6, 6.07) is 13.4. The van der Waals surface area contributed by atoms with Crippen molar-refractivity contribution < 1.29 is 19.1 Å². The van der Waals surface area contributed by atoms with Crippen molar-refractivity contribution in [3.63, 3.8) is 0 Å². The van der Waals surface area contributed by atoms with E-state index in [0.29, 0.717) is 16.3 Å². The normalized spacial score (nSPS) is 12.2. The number of carbonyl (C=O) groups is 3. The van der Waals surface area contributed by atoms with Crippen LogP contribution in [0.2, 0.25) is 5.02 Å². The van der Waals surface area contributed by atoms with E-state index in [1.165, 1.54) is 6.92 Å². The fourth-order valence-corrected chi connectivity index (χ4v) is 2.83. The Morgan fingerprint density at radius 1 is 1.17 bits per heavy atom. The van der Waals surface area contributed by atoms with E-state index in [2.05, 4.69) is 10.6 Å². The van der Waals surface area contributed by atoms with E-state index in [1.807, 2.05) is 6.07 Å². The predicted octanol–water partition coefficient (Wildman–Crippen LogP) is 2.88. The number of para-hydroxylation sites is 1. The van der Waals surface area contributed by atoms with E-state index in [0.717, 1.165) is 0 Å². The van der Waals surface area contributed by atoms with Crippen LogP contribution in [0.1, 0.15) is 30.5 Å². The number of nitriles is 1. The number of ether oxygens (including phenoxy) is 1. The van der Waals surface area contributed by atoms with E-state index in [9.17, 15) is 14.4 Å². The summed E-state index contributed by atoms with van der Waals surface area (Å²) in [5, 5.41) is 14.4. The molecule has 0 aliphatic rings. The Kier molecular flexibility index (Phi) is 7.57. The summed E-state index contributed by atoms with van der Waals surface area (Å²) >= 11 is 6.13. The Morgan fingerprint density at radius 3 is 2.48 bits per heavy atom. The van der Waals surface area contributed by atoms with Gasteiger partial charge in [-0.3, -0.25) is 9.59 Å². The lowest BCUT2D eigenvalue weighted by Gasteiger charge is -2.20. The highest BCUT2D eigenvalue weighted by atomic mass is 35.5. The molecule has 2 rings (SSSR count).